The van der Waals surface area contributed by atoms with Crippen LogP contribution in [0.3, 0.4) is 0 Å². The first-order valence-corrected chi connectivity index (χ1v) is 7.38. The number of halogens is 3. The molecule has 4 heteroatoms. The number of rotatable bonds is 3. The number of hydrogen-bond acceptors (Lipinski definition) is 1. The van der Waals surface area contributed by atoms with E-state index in [0.29, 0.717) is 6.54 Å². The molecule has 1 N–H and O–H groups in total. The van der Waals surface area contributed by atoms with E-state index in [4.69, 9.17) is 0 Å². The van der Waals surface area contributed by atoms with Gasteiger partial charge in [-0.25, -0.2) is 8.78 Å². The Bertz CT molecular complexity index is 642. The molecule has 0 heterocycles. The Morgan fingerprint density at radius 3 is 2.70 bits per heavy atom. The van der Waals surface area contributed by atoms with Gasteiger partial charge in [-0.3, -0.25) is 0 Å². The average Bonchev–Trinajstić information content (AvgIpc) is 2.82. The molecule has 0 fully saturated rings. The lowest BCUT2D eigenvalue weighted by Crippen LogP contribution is -2.19. The van der Waals surface area contributed by atoms with Crippen molar-refractivity contribution < 1.29 is 8.78 Å². The Kier molecular flexibility index (Phi) is 3.85. The van der Waals surface area contributed by atoms with Gasteiger partial charge in [0.15, 0.2) is 0 Å². The first-order chi connectivity index (χ1) is 9.63. The monoisotopic (exact) mass is 337 g/mol. The van der Waals surface area contributed by atoms with Crippen LogP contribution in [0, 0.1) is 11.6 Å². The SMILES string of the molecule is Fc1ccc(Br)c(CNC2CCc3cc(F)ccc32)c1. The third-order valence-electron chi connectivity index (χ3n) is 3.73. The highest BCUT2D eigenvalue weighted by Gasteiger charge is 2.22. The summed E-state index contributed by atoms with van der Waals surface area (Å²) in [6.45, 7) is 0.583. The van der Waals surface area contributed by atoms with Crippen molar-refractivity contribution >= 4 is 15.9 Å². The van der Waals surface area contributed by atoms with Gasteiger partial charge in [0.1, 0.15) is 11.6 Å². The quantitative estimate of drug-likeness (QED) is 0.869. The number of aryl methyl sites for hydroxylation is 1. The van der Waals surface area contributed by atoms with E-state index >= 15 is 0 Å². The molecule has 1 aliphatic rings. The molecule has 1 unspecified atom stereocenters. The molecule has 0 radical (unpaired) electrons. The average molecular weight is 338 g/mol. The Morgan fingerprint density at radius 2 is 1.85 bits per heavy atom. The van der Waals surface area contributed by atoms with E-state index in [2.05, 4.69) is 21.2 Å². The zero-order chi connectivity index (χ0) is 14.1. The van der Waals surface area contributed by atoms with Gasteiger partial charge in [-0.1, -0.05) is 22.0 Å². The molecular weight excluding hydrogens is 324 g/mol. The second kappa shape index (κ2) is 5.62. The summed E-state index contributed by atoms with van der Waals surface area (Å²) in [5.74, 6) is -0.420. The van der Waals surface area contributed by atoms with Gasteiger partial charge in [0, 0.05) is 17.1 Å². The maximum Gasteiger partial charge on any atom is 0.123 e. The molecule has 2 aromatic rings. The molecule has 0 saturated heterocycles. The first-order valence-electron chi connectivity index (χ1n) is 6.59. The minimum Gasteiger partial charge on any atom is -0.306 e. The van der Waals surface area contributed by atoms with Crippen LogP contribution in [0.4, 0.5) is 8.78 Å². The standard InChI is InChI=1S/C16H14BrF2N/c17-15-5-3-13(19)8-11(15)9-20-16-6-1-10-7-12(18)2-4-14(10)16/h2-5,7-8,16,20H,1,6,9H2. The van der Waals surface area contributed by atoms with Gasteiger partial charge in [0.2, 0.25) is 0 Å². The molecule has 1 nitrogen and oxygen atoms in total. The lowest BCUT2D eigenvalue weighted by molar-refractivity contribution is 0.527. The summed E-state index contributed by atoms with van der Waals surface area (Å²) in [5, 5.41) is 3.42. The van der Waals surface area contributed by atoms with Crippen LogP contribution in [-0.4, -0.2) is 0 Å². The molecule has 1 atom stereocenters. The normalized spacial score (nSPS) is 17.2. The summed E-state index contributed by atoms with van der Waals surface area (Å²) in [5.41, 5.74) is 3.11. The number of nitrogens with one attached hydrogen (secondary N) is 1. The molecule has 0 bridgehead atoms. The van der Waals surface area contributed by atoms with Crippen LogP contribution in [-0.2, 0) is 13.0 Å². The lowest BCUT2D eigenvalue weighted by atomic mass is 10.1. The van der Waals surface area contributed by atoms with Crippen molar-refractivity contribution in [2.45, 2.75) is 25.4 Å². The van der Waals surface area contributed by atoms with E-state index in [9.17, 15) is 8.78 Å². The van der Waals surface area contributed by atoms with Crippen LogP contribution in [0.25, 0.3) is 0 Å². The van der Waals surface area contributed by atoms with E-state index in [0.717, 1.165) is 34.0 Å². The van der Waals surface area contributed by atoms with Gasteiger partial charge < -0.3 is 5.32 Å². The molecule has 0 amide bonds. The molecule has 1 aliphatic carbocycles. The molecule has 0 saturated carbocycles. The largest absolute Gasteiger partial charge is 0.306 e. The van der Waals surface area contributed by atoms with E-state index in [1.807, 2.05) is 6.07 Å². The first kappa shape index (κ1) is 13.7. The van der Waals surface area contributed by atoms with Crippen molar-refractivity contribution in [2.24, 2.45) is 0 Å². The Labute approximate surface area is 125 Å². The second-order valence-electron chi connectivity index (χ2n) is 5.05. The van der Waals surface area contributed by atoms with Crippen molar-refractivity contribution in [3.63, 3.8) is 0 Å². The van der Waals surface area contributed by atoms with Crippen molar-refractivity contribution in [1.29, 1.82) is 0 Å². The fourth-order valence-electron chi connectivity index (χ4n) is 2.71. The highest BCUT2D eigenvalue weighted by Crippen LogP contribution is 2.32. The van der Waals surface area contributed by atoms with Crippen LogP contribution in [0.5, 0.6) is 0 Å². The van der Waals surface area contributed by atoms with Gasteiger partial charge in [-0.05, 0) is 59.9 Å². The Balaban J connectivity index is 1.73. The maximum absolute atomic E-state index is 13.2. The topological polar surface area (TPSA) is 12.0 Å². The summed E-state index contributed by atoms with van der Waals surface area (Å²) >= 11 is 3.43. The van der Waals surface area contributed by atoms with E-state index in [1.165, 1.54) is 18.2 Å². The third-order valence-corrected chi connectivity index (χ3v) is 4.50. The van der Waals surface area contributed by atoms with Gasteiger partial charge in [0.05, 0.1) is 0 Å². The van der Waals surface area contributed by atoms with Crippen LogP contribution in [0.2, 0.25) is 0 Å². The molecule has 104 valence electrons. The van der Waals surface area contributed by atoms with Crippen LogP contribution >= 0.6 is 15.9 Å². The zero-order valence-corrected chi connectivity index (χ0v) is 12.4. The lowest BCUT2D eigenvalue weighted by Gasteiger charge is -2.15. The molecular formula is C16H14BrF2N. The fraction of sp³-hybridized carbons (Fsp3) is 0.250. The molecule has 2 aromatic carbocycles. The zero-order valence-electron chi connectivity index (χ0n) is 10.8. The summed E-state index contributed by atoms with van der Waals surface area (Å²) < 4.78 is 27.3. The Morgan fingerprint density at radius 1 is 1.10 bits per heavy atom. The van der Waals surface area contributed by atoms with Crippen molar-refractivity contribution in [3.8, 4) is 0 Å². The fourth-order valence-corrected chi connectivity index (χ4v) is 3.10. The maximum atomic E-state index is 13.2. The van der Waals surface area contributed by atoms with E-state index < -0.39 is 0 Å². The van der Waals surface area contributed by atoms with Crippen molar-refractivity contribution in [3.05, 3.63) is 69.2 Å². The highest BCUT2D eigenvalue weighted by atomic mass is 79.9. The molecule has 0 spiro atoms. The summed E-state index contributed by atoms with van der Waals surface area (Å²) in [7, 11) is 0. The second-order valence-corrected chi connectivity index (χ2v) is 5.91. The van der Waals surface area contributed by atoms with Gasteiger partial charge in [0.25, 0.3) is 0 Å². The predicted molar refractivity (Wildman–Crippen MR) is 78.4 cm³/mol. The van der Waals surface area contributed by atoms with Gasteiger partial charge in [-0.15, -0.1) is 0 Å². The van der Waals surface area contributed by atoms with E-state index in [1.54, 1.807) is 12.1 Å². The van der Waals surface area contributed by atoms with E-state index in [-0.39, 0.29) is 17.7 Å². The molecule has 3 rings (SSSR count). The predicted octanol–water partition coefficient (Wildman–Crippen LogP) is 4.50. The highest BCUT2D eigenvalue weighted by molar-refractivity contribution is 9.10. The van der Waals surface area contributed by atoms with Crippen LogP contribution in [0.15, 0.2) is 40.9 Å². The van der Waals surface area contributed by atoms with Crippen molar-refractivity contribution in [1.82, 2.24) is 5.32 Å². The number of benzene rings is 2. The smallest absolute Gasteiger partial charge is 0.123 e. The summed E-state index contributed by atoms with van der Waals surface area (Å²) in [6.07, 6.45) is 1.83. The van der Waals surface area contributed by atoms with Gasteiger partial charge in [-0.2, -0.15) is 0 Å². The minimum atomic E-state index is -0.237. The molecule has 0 aliphatic heterocycles. The summed E-state index contributed by atoms with van der Waals surface area (Å²) in [4.78, 5) is 0. The van der Waals surface area contributed by atoms with Crippen LogP contribution in [0.1, 0.15) is 29.2 Å². The van der Waals surface area contributed by atoms with Crippen LogP contribution < -0.4 is 5.32 Å². The summed E-state index contributed by atoms with van der Waals surface area (Å²) in [6, 6.07) is 9.83. The van der Waals surface area contributed by atoms with Crippen molar-refractivity contribution in [2.75, 3.05) is 0 Å². The minimum absolute atomic E-state index is 0.183. The number of fused-ring (bicyclic) bond motifs is 1. The molecule has 20 heavy (non-hydrogen) atoms. The molecule has 0 aromatic heterocycles. The Hall–Kier alpha value is -1.26. The number of hydrogen-bond donors (Lipinski definition) is 1. The third kappa shape index (κ3) is 2.76. The van der Waals surface area contributed by atoms with Gasteiger partial charge >= 0.3 is 0 Å².